The van der Waals surface area contributed by atoms with Crippen LogP contribution < -0.4 is 10.9 Å². The predicted molar refractivity (Wildman–Crippen MR) is 138 cm³/mol. The van der Waals surface area contributed by atoms with Crippen molar-refractivity contribution in [2.45, 2.75) is 0 Å². The molecule has 0 aliphatic rings. The van der Waals surface area contributed by atoms with Gasteiger partial charge in [0, 0.05) is 17.7 Å². The van der Waals surface area contributed by atoms with E-state index < -0.39 is 4.92 Å². The summed E-state index contributed by atoms with van der Waals surface area (Å²) in [5.74, 6) is 0.345. The summed E-state index contributed by atoms with van der Waals surface area (Å²) in [6.45, 7) is 0. The number of nitro benzene ring substituents is 1. The minimum absolute atomic E-state index is 0.0115. The fourth-order valence-corrected chi connectivity index (χ4v) is 2.93. The Kier molecular flexibility index (Phi) is 7.63. The third kappa shape index (κ3) is 6.90. The molecule has 172 valence electrons. The van der Waals surface area contributed by atoms with Crippen molar-refractivity contribution < 1.29 is 4.92 Å². The Hall–Kier alpha value is -5.18. The van der Waals surface area contributed by atoms with E-state index in [2.05, 4.69) is 31.3 Å². The quantitative estimate of drug-likeness (QED) is 0.101. The Morgan fingerprint density at radius 1 is 0.743 bits per heavy atom. The van der Waals surface area contributed by atoms with Crippen molar-refractivity contribution in [3.8, 4) is 0 Å². The molecule has 0 aliphatic heterocycles. The number of azo groups is 1. The highest BCUT2D eigenvalue weighted by Gasteiger charge is 2.06. The van der Waals surface area contributed by atoms with Gasteiger partial charge in [-0.1, -0.05) is 60.7 Å². The van der Waals surface area contributed by atoms with E-state index in [1.807, 2.05) is 84.9 Å². The molecule has 0 atom stereocenters. The topological polar surface area (TPSA) is 117 Å². The lowest BCUT2D eigenvalue weighted by atomic mass is 10.1. The highest BCUT2D eigenvalue weighted by Crippen LogP contribution is 2.19. The fraction of sp³-hybridized carbons (Fsp3) is 0. The summed E-state index contributed by atoms with van der Waals surface area (Å²) < 4.78 is 0. The molecule has 9 heteroatoms. The van der Waals surface area contributed by atoms with Crippen molar-refractivity contribution in [2.75, 3.05) is 10.9 Å². The van der Waals surface area contributed by atoms with Crippen LogP contribution in [0.1, 0.15) is 11.1 Å². The number of hydrazone groups is 2. The maximum absolute atomic E-state index is 10.9. The van der Waals surface area contributed by atoms with E-state index in [1.165, 1.54) is 24.3 Å². The first kappa shape index (κ1) is 23.0. The van der Waals surface area contributed by atoms with E-state index in [0.29, 0.717) is 11.5 Å². The van der Waals surface area contributed by atoms with Gasteiger partial charge in [-0.3, -0.25) is 21.0 Å². The van der Waals surface area contributed by atoms with Gasteiger partial charge in [0.1, 0.15) is 0 Å². The van der Waals surface area contributed by atoms with Crippen molar-refractivity contribution >= 4 is 34.8 Å². The number of hydrogen-bond donors (Lipinski definition) is 2. The highest BCUT2D eigenvalue weighted by molar-refractivity contribution is 6.00. The molecule has 0 saturated carbocycles. The van der Waals surface area contributed by atoms with Gasteiger partial charge in [0.2, 0.25) is 5.84 Å². The van der Waals surface area contributed by atoms with Gasteiger partial charge in [-0.05, 0) is 42.0 Å². The van der Waals surface area contributed by atoms with Crippen molar-refractivity contribution in [1.29, 1.82) is 0 Å². The van der Waals surface area contributed by atoms with Crippen LogP contribution in [0.5, 0.6) is 0 Å². The number of para-hydroxylation sites is 2. The van der Waals surface area contributed by atoms with Crippen molar-refractivity contribution in [3.63, 3.8) is 0 Å². The summed E-state index contributed by atoms with van der Waals surface area (Å²) in [6, 6.07) is 32.5. The molecular weight excluding hydrogens is 442 g/mol. The molecule has 0 aromatic heterocycles. The lowest BCUT2D eigenvalue weighted by Gasteiger charge is -2.04. The van der Waals surface area contributed by atoms with Gasteiger partial charge in [0.25, 0.3) is 5.69 Å². The molecule has 0 bridgehead atoms. The third-order valence-electron chi connectivity index (χ3n) is 4.74. The number of rotatable bonds is 8. The van der Waals surface area contributed by atoms with Gasteiger partial charge < -0.3 is 0 Å². The van der Waals surface area contributed by atoms with Crippen molar-refractivity contribution in [1.82, 2.24) is 0 Å². The molecule has 2 N–H and O–H groups in total. The molecule has 0 aliphatic carbocycles. The number of benzene rings is 4. The molecule has 0 heterocycles. The highest BCUT2D eigenvalue weighted by atomic mass is 16.6. The van der Waals surface area contributed by atoms with Crippen LogP contribution in [0, 0.1) is 10.1 Å². The average Bonchev–Trinajstić information content (AvgIpc) is 2.91. The molecule has 4 aromatic rings. The molecular formula is C26H21N7O2. The predicted octanol–water partition coefficient (Wildman–Crippen LogP) is 6.60. The van der Waals surface area contributed by atoms with Crippen LogP contribution in [0.4, 0.5) is 22.7 Å². The van der Waals surface area contributed by atoms with Crippen LogP contribution >= 0.6 is 0 Å². The fourth-order valence-electron chi connectivity index (χ4n) is 2.93. The number of hydrogen-bond acceptors (Lipinski definition) is 7. The number of anilines is 2. The second-order valence-corrected chi connectivity index (χ2v) is 7.24. The van der Waals surface area contributed by atoms with Crippen molar-refractivity contribution in [2.24, 2.45) is 20.4 Å². The largest absolute Gasteiger partial charge is 0.279 e. The Balaban J connectivity index is 1.52. The summed E-state index contributed by atoms with van der Waals surface area (Å²) in [5.41, 5.74) is 9.73. The summed E-state index contributed by atoms with van der Waals surface area (Å²) in [5, 5.41) is 28.0. The molecule has 0 amide bonds. The van der Waals surface area contributed by atoms with E-state index in [4.69, 9.17) is 0 Å². The first-order valence-electron chi connectivity index (χ1n) is 10.7. The summed E-state index contributed by atoms with van der Waals surface area (Å²) >= 11 is 0. The monoisotopic (exact) mass is 463 g/mol. The summed E-state index contributed by atoms with van der Waals surface area (Å²) in [4.78, 5) is 10.4. The van der Waals surface area contributed by atoms with Gasteiger partial charge in [0.05, 0.1) is 28.2 Å². The molecule has 35 heavy (non-hydrogen) atoms. The molecule has 0 saturated heterocycles. The third-order valence-corrected chi connectivity index (χ3v) is 4.74. The smallest absolute Gasteiger partial charge is 0.269 e. The molecule has 0 spiro atoms. The minimum atomic E-state index is -0.460. The van der Waals surface area contributed by atoms with Crippen LogP contribution in [-0.4, -0.2) is 17.0 Å². The summed E-state index contributed by atoms with van der Waals surface area (Å²) in [6.07, 6.45) is 1.72. The Morgan fingerprint density at radius 3 is 1.94 bits per heavy atom. The zero-order valence-electron chi connectivity index (χ0n) is 18.5. The van der Waals surface area contributed by atoms with Crippen molar-refractivity contribution in [3.05, 3.63) is 130 Å². The number of non-ortho nitro benzene ring substituents is 1. The standard InChI is InChI=1S/C26H21N7O2/c34-33(35)25-17-15-24(16-18-25)30-32-26(31-29-23-9-5-2-6-10-23)21-13-11-20(12-14-21)19-27-28-22-7-3-1-4-8-22/h1-19,28-29H. The van der Waals surface area contributed by atoms with E-state index >= 15 is 0 Å². The van der Waals surface area contributed by atoms with Crippen LogP contribution in [0.15, 0.2) is 130 Å². The first-order valence-corrected chi connectivity index (χ1v) is 10.7. The number of nitrogens with one attached hydrogen (secondary N) is 2. The van der Waals surface area contributed by atoms with E-state index in [-0.39, 0.29) is 5.69 Å². The lowest BCUT2D eigenvalue weighted by Crippen LogP contribution is -2.01. The maximum atomic E-state index is 10.9. The first-order chi connectivity index (χ1) is 17.2. The van der Waals surface area contributed by atoms with Crippen LogP contribution in [0.2, 0.25) is 0 Å². The molecule has 4 aromatic carbocycles. The second-order valence-electron chi connectivity index (χ2n) is 7.24. The van der Waals surface area contributed by atoms with Gasteiger partial charge in [0.15, 0.2) is 0 Å². The van der Waals surface area contributed by atoms with E-state index in [0.717, 1.165) is 22.5 Å². The van der Waals surface area contributed by atoms with Gasteiger partial charge in [-0.25, -0.2) is 0 Å². The number of nitrogens with zero attached hydrogens (tertiary/aromatic N) is 5. The minimum Gasteiger partial charge on any atom is -0.279 e. The average molecular weight is 464 g/mol. The zero-order chi connectivity index (χ0) is 24.3. The Bertz CT molecular complexity index is 1340. The SMILES string of the molecule is O=[N+]([O-])c1ccc(N=NC(=NNc2ccccc2)c2ccc(C=NNc3ccccc3)cc2)cc1. The molecule has 0 radical (unpaired) electrons. The normalized spacial score (nSPS) is 11.6. The molecule has 9 nitrogen and oxygen atoms in total. The van der Waals surface area contributed by atoms with Crippen LogP contribution in [-0.2, 0) is 0 Å². The molecule has 4 rings (SSSR count). The Labute approximate surface area is 201 Å². The van der Waals surface area contributed by atoms with E-state index in [9.17, 15) is 10.1 Å². The Morgan fingerprint density at radius 2 is 1.34 bits per heavy atom. The van der Waals surface area contributed by atoms with Crippen LogP contribution in [0.25, 0.3) is 0 Å². The molecule has 0 fully saturated rings. The number of amidine groups is 1. The van der Waals surface area contributed by atoms with Gasteiger partial charge >= 0.3 is 0 Å². The molecule has 0 unspecified atom stereocenters. The van der Waals surface area contributed by atoms with E-state index in [1.54, 1.807) is 6.21 Å². The number of nitro groups is 1. The van der Waals surface area contributed by atoms with Crippen LogP contribution in [0.3, 0.4) is 0 Å². The maximum Gasteiger partial charge on any atom is 0.269 e. The summed E-state index contributed by atoms with van der Waals surface area (Å²) in [7, 11) is 0. The zero-order valence-corrected chi connectivity index (χ0v) is 18.5. The van der Waals surface area contributed by atoms with Gasteiger partial charge in [-0.15, -0.1) is 10.2 Å². The lowest BCUT2D eigenvalue weighted by molar-refractivity contribution is -0.384. The second kappa shape index (κ2) is 11.6. The van der Waals surface area contributed by atoms with Gasteiger partial charge in [-0.2, -0.15) is 10.2 Å².